The number of nitrogens with zero attached hydrogens (tertiary/aromatic N) is 1. The Bertz CT molecular complexity index is 336. The standard InChI is InChI=1S/C8H6ClNS/c9-5-7-4-6-2-1-3-10-8(6)11-7/h1-4H,5H2. The molecule has 0 N–H and O–H groups in total. The van der Waals surface area contributed by atoms with Crippen molar-refractivity contribution in [1.29, 1.82) is 0 Å². The van der Waals surface area contributed by atoms with Crippen LogP contribution in [-0.4, -0.2) is 4.98 Å². The smallest absolute Gasteiger partial charge is 0.123 e. The molecule has 0 saturated heterocycles. The maximum Gasteiger partial charge on any atom is 0.123 e. The van der Waals surface area contributed by atoms with Crippen molar-refractivity contribution < 1.29 is 0 Å². The predicted molar refractivity (Wildman–Crippen MR) is 49.2 cm³/mol. The number of pyridine rings is 1. The average molecular weight is 184 g/mol. The molecule has 3 heteroatoms. The maximum atomic E-state index is 5.68. The molecule has 11 heavy (non-hydrogen) atoms. The first-order chi connectivity index (χ1) is 5.40. The van der Waals surface area contributed by atoms with E-state index in [1.165, 1.54) is 10.3 Å². The van der Waals surface area contributed by atoms with E-state index in [-0.39, 0.29) is 0 Å². The molecule has 0 aromatic carbocycles. The van der Waals surface area contributed by atoms with Gasteiger partial charge in [-0.1, -0.05) is 6.07 Å². The van der Waals surface area contributed by atoms with Crippen LogP contribution < -0.4 is 0 Å². The molecular weight excluding hydrogens is 178 g/mol. The van der Waals surface area contributed by atoms with Gasteiger partial charge in [0.15, 0.2) is 0 Å². The Morgan fingerprint density at radius 2 is 2.45 bits per heavy atom. The number of aromatic nitrogens is 1. The summed E-state index contributed by atoms with van der Waals surface area (Å²) in [6.45, 7) is 0. The van der Waals surface area contributed by atoms with Gasteiger partial charge in [0.2, 0.25) is 0 Å². The van der Waals surface area contributed by atoms with E-state index in [4.69, 9.17) is 11.6 Å². The summed E-state index contributed by atoms with van der Waals surface area (Å²) in [5.74, 6) is 0.584. The largest absolute Gasteiger partial charge is 0.245 e. The Labute approximate surface area is 73.6 Å². The lowest BCUT2D eigenvalue weighted by Gasteiger charge is -1.81. The second-order valence-electron chi connectivity index (χ2n) is 2.24. The zero-order valence-corrected chi connectivity index (χ0v) is 7.32. The average Bonchev–Trinajstić information content (AvgIpc) is 2.46. The molecule has 0 radical (unpaired) electrons. The van der Waals surface area contributed by atoms with Crippen LogP contribution in [0, 0.1) is 0 Å². The molecule has 0 aliphatic carbocycles. The van der Waals surface area contributed by atoms with Crippen molar-refractivity contribution in [3.63, 3.8) is 0 Å². The van der Waals surface area contributed by atoms with Crippen molar-refractivity contribution in [3.05, 3.63) is 29.3 Å². The molecule has 0 saturated carbocycles. The quantitative estimate of drug-likeness (QED) is 0.620. The number of fused-ring (bicyclic) bond motifs is 1. The van der Waals surface area contributed by atoms with E-state index in [9.17, 15) is 0 Å². The van der Waals surface area contributed by atoms with Crippen LogP contribution in [0.5, 0.6) is 0 Å². The minimum Gasteiger partial charge on any atom is -0.245 e. The molecule has 0 bridgehead atoms. The summed E-state index contributed by atoms with van der Waals surface area (Å²) < 4.78 is 0. The highest BCUT2D eigenvalue weighted by molar-refractivity contribution is 7.18. The van der Waals surface area contributed by atoms with Crippen LogP contribution in [-0.2, 0) is 5.88 Å². The Hall–Kier alpha value is -0.600. The van der Waals surface area contributed by atoms with Crippen LogP contribution in [0.25, 0.3) is 10.2 Å². The molecule has 0 aliphatic heterocycles. The van der Waals surface area contributed by atoms with Crippen LogP contribution in [0.1, 0.15) is 4.88 Å². The molecule has 0 spiro atoms. The van der Waals surface area contributed by atoms with Crippen molar-refractivity contribution in [2.75, 3.05) is 0 Å². The Balaban J connectivity index is 2.69. The van der Waals surface area contributed by atoms with Gasteiger partial charge in [0.05, 0.1) is 5.88 Å². The highest BCUT2D eigenvalue weighted by Crippen LogP contribution is 2.23. The van der Waals surface area contributed by atoms with Gasteiger partial charge in [-0.05, 0) is 12.1 Å². The molecule has 0 unspecified atom stereocenters. The molecule has 2 rings (SSSR count). The third-order valence-electron chi connectivity index (χ3n) is 1.48. The van der Waals surface area contributed by atoms with Gasteiger partial charge in [-0.3, -0.25) is 0 Å². The van der Waals surface area contributed by atoms with Crippen molar-refractivity contribution in [1.82, 2.24) is 4.98 Å². The minimum absolute atomic E-state index is 0.584. The topological polar surface area (TPSA) is 12.9 Å². The van der Waals surface area contributed by atoms with Gasteiger partial charge in [-0.2, -0.15) is 0 Å². The van der Waals surface area contributed by atoms with Gasteiger partial charge < -0.3 is 0 Å². The first-order valence-corrected chi connectivity index (χ1v) is 4.64. The zero-order chi connectivity index (χ0) is 7.68. The van der Waals surface area contributed by atoms with Crippen LogP contribution in [0.2, 0.25) is 0 Å². The molecule has 0 aliphatic rings. The van der Waals surface area contributed by atoms with Gasteiger partial charge in [0, 0.05) is 16.5 Å². The number of hydrogen-bond acceptors (Lipinski definition) is 2. The summed E-state index contributed by atoms with van der Waals surface area (Å²) in [5.41, 5.74) is 0. The molecule has 56 valence electrons. The predicted octanol–water partition coefficient (Wildman–Crippen LogP) is 3.04. The normalized spacial score (nSPS) is 10.6. The zero-order valence-electron chi connectivity index (χ0n) is 5.75. The Kier molecular flexibility index (Phi) is 1.80. The molecular formula is C8H6ClNS. The van der Waals surface area contributed by atoms with E-state index < -0.39 is 0 Å². The fourth-order valence-electron chi connectivity index (χ4n) is 0.991. The first-order valence-electron chi connectivity index (χ1n) is 3.29. The third kappa shape index (κ3) is 1.24. The summed E-state index contributed by atoms with van der Waals surface area (Å²) in [6, 6.07) is 6.07. The summed E-state index contributed by atoms with van der Waals surface area (Å²) in [6.07, 6.45) is 1.80. The fraction of sp³-hybridized carbons (Fsp3) is 0.125. The number of hydrogen-bond donors (Lipinski definition) is 0. The van der Waals surface area contributed by atoms with E-state index in [1.54, 1.807) is 17.5 Å². The lowest BCUT2D eigenvalue weighted by molar-refractivity contribution is 1.45. The van der Waals surface area contributed by atoms with Gasteiger partial charge in [-0.15, -0.1) is 22.9 Å². The molecule has 0 fully saturated rings. The van der Waals surface area contributed by atoms with Crippen molar-refractivity contribution in [2.24, 2.45) is 0 Å². The second-order valence-corrected chi connectivity index (χ2v) is 3.63. The number of thiophene rings is 1. The van der Waals surface area contributed by atoms with E-state index >= 15 is 0 Å². The van der Waals surface area contributed by atoms with E-state index in [2.05, 4.69) is 17.1 Å². The van der Waals surface area contributed by atoms with Crippen LogP contribution in [0.4, 0.5) is 0 Å². The number of rotatable bonds is 1. The molecule has 0 amide bonds. The third-order valence-corrected chi connectivity index (χ3v) is 2.98. The van der Waals surface area contributed by atoms with E-state index in [1.807, 2.05) is 6.07 Å². The lowest BCUT2D eigenvalue weighted by Crippen LogP contribution is -1.65. The van der Waals surface area contributed by atoms with Gasteiger partial charge in [0.1, 0.15) is 4.83 Å². The van der Waals surface area contributed by atoms with Crippen LogP contribution in [0.15, 0.2) is 24.4 Å². The summed E-state index contributed by atoms with van der Waals surface area (Å²) in [5, 5.41) is 1.19. The SMILES string of the molecule is ClCc1cc2cccnc2s1. The molecule has 2 aromatic heterocycles. The lowest BCUT2D eigenvalue weighted by atomic mass is 10.3. The molecule has 0 atom stereocenters. The second kappa shape index (κ2) is 2.80. The van der Waals surface area contributed by atoms with Crippen molar-refractivity contribution in [2.45, 2.75) is 5.88 Å². The first kappa shape index (κ1) is 7.07. The summed E-state index contributed by atoms with van der Waals surface area (Å²) >= 11 is 7.34. The van der Waals surface area contributed by atoms with Gasteiger partial charge in [0.25, 0.3) is 0 Å². The van der Waals surface area contributed by atoms with Gasteiger partial charge in [-0.25, -0.2) is 4.98 Å². The molecule has 1 nitrogen and oxygen atoms in total. The number of alkyl halides is 1. The Morgan fingerprint density at radius 3 is 3.18 bits per heavy atom. The maximum absolute atomic E-state index is 5.68. The minimum atomic E-state index is 0.584. The van der Waals surface area contributed by atoms with E-state index in [0.29, 0.717) is 5.88 Å². The van der Waals surface area contributed by atoms with Crippen LogP contribution in [0.3, 0.4) is 0 Å². The highest BCUT2D eigenvalue weighted by atomic mass is 35.5. The monoisotopic (exact) mass is 183 g/mol. The fourth-order valence-corrected chi connectivity index (χ4v) is 2.08. The summed E-state index contributed by atoms with van der Waals surface area (Å²) in [7, 11) is 0. The molecule has 2 heterocycles. The van der Waals surface area contributed by atoms with E-state index in [0.717, 1.165) is 4.83 Å². The molecule has 2 aromatic rings. The summed E-state index contributed by atoms with van der Waals surface area (Å²) in [4.78, 5) is 6.46. The highest BCUT2D eigenvalue weighted by Gasteiger charge is 1.99. The van der Waals surface area contributed by atoms with Crippen LogP contribution >= 0.6 is 22.9 Å². The van der Waals surface area contributed by atoms with Gasteiger partial charge >= 0.3 is 0 Å². The number of halogens is 1. The van der Waals surface area contributed by atoms with Crippen molar-refractivity contribution >= 4 is 33.2 Å². The Morgan fingerprint density at radius 1 is 1.55 bits per heavy atom. The van der Waals surface area contributed by atoms with Crippen molar-refractivity contribution in [3.8, 4) is 0 Å².